The second kappa shape index (κ2) is 7.67. The molecule has 158 valence electrons. The minimum atomic E-state index is -1.02. The van der Waals surface area contributed by atoms with Crippen molar-refractivity contribution in [1.82, 2.24) is 0 Å². The van der Waals surface area contributed by atoms with Crippen LogP contribution in [0.3, 0.4) is 0 Å². The SMILES string of the molecule is COc1ccc(-c2cccc3c2CCC3=O)c(OC2(C(=O)OC(C)C)CC2)c1OC. The van der Waals surface area contributed by atoms with E-state index in [0.717, 1.165) is 22.3 Å². The monoisotopic (exact) mass is 410 g/mol. The molecule has 0 atom stereocenters. The molecule has 6 nitrogen and oxygen atoms in total. The van der Waals surface area contributed by atoms with Crippen LogP contribution >= 0.6 is 0 Å². The number of Topliss-reactive ketones (excluding diaryl/α,β-unsaturated/α-hetero) is 1. The average molecular weight is 410 g/mol. The minimum Gasteiger partial charge on any atom is -0.493 e. The van der Waals surface area contributed by atoms with Gasteiger partial charge in [0.1, 0.15) is 0 Å². The summed E-state index contributed by atoms with van der Waals surface area (Å²) in [5.41, 5.74) is 2.39. The molecule has 0 unspecified atom stereocenters. The van der Waals surface area contributed by atoms with Gasteiger partial charge in [-0.15, -0.1) is 0 Å². The summed E-state index contributed by atoms with van der Waals surface area (Å²) in [4.78, 5) is 25.0. The first-order valence-electron chi connectivity index (χ1n) is 10.2. The summed E-state index contributed by atoms with van der Waals surface area (Å²) in [5.74, 6) is 1.13. The average Bonchev–Trinajstić information content (AvgIpc) is 3.42. The predicted octanol–water partition coefficient (Wildman–Crippen LogP) is 4.36. The zero-order chi connectivity index (χ0) is 21.5. The first-order valence-corrected chi connectivity index (χ1v) is 10.2. The van der Waals surface area contributed by atoms with Crippen LogP contribution in [-0.4, -0.2) is 37.7 Å². The molecule has 1 saturated carbocycles. The van der Waals surface area contributed by atoms with Crippen molar-refractivity contribution in [2.24, 2.45) is 0 Å². The Kier molecular flexibility index (Phi) is 5.18. The van der Waals surface area contributed by atoms with Crippen molar-refractivity contribution in [3.63, 3.8) is 0 Å². The molecule has 0 aromatic heterocycles. The summed E-state index contributed by atoms with van der Waals surface area (Å²) in [6.45, 7) is 3.63. The van der Waals surface area contributed by atoms with E-state index < -0.39 is 5.60 Å². The van der Waals surface area contributed by atoms with E-state index in [1.807, 2.05) is 44.2 Å². The number of benzene rings is 2. The molecule has 0 aliphatic heterocycles. The highest BCUT2D eigenvalue weighted by Crippen LogP contribution is 2.51. The number of methoxy groups -OCH3 is 2. The van der Waals surface area contributed by atoms with E-state index >= 15 is 0 Å². The lowest BCUT2D eigenvalue weighted by Gasteiger charge is -2.24. The zero-order valence-corrected chi connectivity index (χ0v) is 17.7. The maximum absolute atomic E-state index is 12.7. The molecule has 2 aliphatic rings. The molecule has 0 spiro atoms. The van der Waals surface area contributed by atoms with Gasteiger partial charge in [-0.1, -0.05) is 18.2 Å². The summed E-state index contributed by atoms with van der Waals surface area (Å²) >= 11 is 0. The normalized spacial score (nSPS) is 16.2. The third kappa shape index (κ3) is 3.40. The summed E-state index contributed by atoms with van der Waals surface area (Å²) in [6, 6.07) is 9.40. The molecule has 2 aromatic carbocycles. The minimum absolute atomic E-state index is 0.147. The van der Waals surface area contributed by atoms with Gasteiger partial charge in [-0.05, 0) is 43.5 Å². The third-order valence-corrected chi connectivity index (χ3v) is 5.59. The highest BCUT2D eigenvalue weighted by molar-refractivity contribution is 6.02. The summed E-state index contributed by atoms with van der Waals surface area (Å²) in [5, 5.41) is 0. The molecular formula is C24H26O6. The van der Waals surface area contributed by atoms with Crippen LogP contribution in [-0.2, 0) is 16.0 Å². The van der Waals surface area contributed by atoms with E-state index in [1.54, 1.807) is 14.2 Å². The molecule has 0 saturated heterocycles. The number of hydrogen-bond donors (Lipinski definition) is 0. The highest BCUT2D eigenvalue weighted by atomic mass is 16.6. The van der Waals surface area contributed by atoms with Gasteiger partial charge in [0.05, 0.1) is 20.3 Å². The smallest absolute Gasteiger partial charge is 0.350 e. The fraction of sp³-hybridized carbons (Fsp3) is 0.417. The van der Waals surface area contributed by atoms with E-state index in [4.69, 9.17) is 18.9 Å². The van der Waals surface area contributed by atoms with Gasteiger partial charge in [-0.25, -0.2) is 4.79 Å². The van der Waals surface area contributed by atoms with Gasteiger partial charge in [-0.2, -0.15) is 0 Å². The number of rotatable bonds is 7. The molecule has 4 rings (SSSR count). The third-order valence-electron chi connectivity index (χ3n) is 5.59. The molecular weight excluding hydrogens is 384 g/mol. The summed E-state index contributed by atoms with van der Waals surface area (Å²) in [6.07, 6.45) is 2.10. The Morgan fingerprint density at radius 2 is 1.67 bits per heavy atom. The topological polar surface area (TPSA) is 71.1 Å². The number of esters is 1. The molecule has 2 aliphatic carbocycles. The molecule has 30 heavy (non-hydrogen) atoms. The number of carbonyl (C=O) groups excluding carboxylic acids is 2. The van der Waals surface area contributed by atoms with E-state index in [1.165, 1.54) is 0 Å². The van der Waals surface area contributed by atoms with Crippen molar-refractivity contribution in [2.75, 3.05) is 14.2 Å². The van der Waals surface area contributed by atoms with Crippen molar-refractivity contribution in [3.05, 3.63) is 41.5 Å². The van der Waals surface area contributed by atoms with Gasteiger partial charge in [0.25, 0.3) is 0 Å². The molecule has 0 bridgehead atoms. The molecule has 6 heteroatoms. The Balaban J connectivity index is 1.84. The van der Waals surface area contributed by atoms with Crippen molar-refractivity contribution >= 4 is 11.8 Å². The fourth-order valence-electron chi connectivity index (χ4n) is 3.93. The van der Waals surface area contributed by atoms with Crippen LogP contribution in [0.15, 0.2) is 30.3 Å². The lowest BCUT2D eigenvalue weighted by Crippen LogP contribution is -2.33. The first-order chi connectivity index (χ1) is 14.4. The number of ether oxygens (including phenoxy) is 4. The number of carbonyl (C=O) groups is 2. The standard InChI is InChI=1S/C24H26O6/c1-14(2)29-23(26)24(12-13-24)30-21-18(9-11-20(27-3)22(21)28-4)15-6-5-7-17-16(15)8-10-19(17)25/h5-7,9,11,14H,8,10,12-13H2,1-4H3. The lowest BCUT2D eigenvalue weighted by atomic mass is 9.95. The quantitative estimate of drug-likeness (QED) is 0.632. The van der Waals surface area contributed by atoms with Gasteiger partial charge >= 0.3 is 5.97 Å². The van der Waals surface area contributed by atoms with Gasteiger partial charge in [0.15, 0.2) is 17.3 Å². The van der Waals surface area contributed by atoms with Crippen LogP contribution in [0.4, 0.5) is 0 Å². The van der Waals surface area contributed by atoms with Crippen LogP contribution in [0, 0.1) is 0 Å². The van der Waals surface area contributed by atoms with Crippen LogP contribution in [0.1, 0.15) is 49.0 Å². The molecule has 0 heterocycles. The second-order valence-corrected chi connectivity index (χ2v) is 7.98. The van der Waals surface area contributed by atoms with Crippen LogP contribution in [0.2, 0.25) is 0 Å². The van der Waals surface area contributed by atoms with Crippen molar-refractivity contribution in [1.29, 1.82) is 0 Å². The zero-order valence-electron chi connectivity index (χ0n) is 17.7. The molecule has 0 amide bonds. The molecule has 0 N–H and O–H groups in total. The van der Waals surface area contributed by atoms with Crippen LogP contribution in [0.25, 0.3) is 11.1 Å². The second-order valence-electron chi connectivity index (χ2n) is 7.98. The molecule has 1 fully saturated rings. The Morgan fingerprint density at radius 1 is 0.933 bits per heavy atom. The Labute approximate surface area is 176 Å². The van der Waals surface area contributed by atoms with Crippen LogP contribution < -0.4 is 14.2 Å². The molecule has 0 radical (unpaired) electrons. The number of hydrogen-bond acceptors (Lipinski definition) is 6. The number of fused-ring (bicyclic) bond motifs is 1. The van der Waals surface area contributed by atoms with Gasteiger partial charge < -0.3 is 18.9 Å². The van der Waals surface area contributed by atoms with E-state index in [9.17, 15) is 9.59 Å². The lowest BCUT2D eigenvalue weighted by molar-refractivity contribution is -0.158. The largest absolute Gasteiger partial charge is 0.493 e. The maximum Gasteiger partial charge on any atom is 0.350 e. The fourth-order valence-corrected chi connectivity index (χ4v) is 3.93. The van der Waals surface area contributed by atoms with Crippen LogP contribution in [0.5, 0.6) is 17.2 Å². The maximum atomic E-state index is 12.7. The van der Waals surface area contributed by atoms with Gasteiger partial charge in [-0.3, -0.25) is 4.79 Å². The van der Waals surface area contributed by atoms with Gasteiger partial charge in [0, 0.05) is 30.4 Å². The van der Waals surface area contributed by atoms with E-state index in [-0.39, 0.29) is 17.9 Å². The predicted molar refractivity (Wildman–Crippen MR) is 111 cm³/mol. The summed E-state index contributed by atoms with van der Waals surface area (Å²) in [7, 11) is 3.10. The Hall–Kier alpha value is -3.02. The summed E-state index contributed by atoms with van der Waals surface area (Å²) < 4.78 is 22.9. The van der Waals surface area contributed by atoms with E-state index in [0.29, 0.717) is 42.9 Å². The highest BCUT2D eigenvalue weighted by Gasteiger charge is 2.55. The van der Waals surface area contributed by atoms with Crippen molar-refractivity contribution < 1.29 is 28.5 Å². The van der Waals surface area contributed by atoms with Gasteiger partial charge in [0.2, 0.25) is 11.4 Å². The number of ketones is 1. The van der Waals surface area contributed by atoms with Crippen molar-refractivity contribution in [2.45, 2.75) is 51.2 Å². The van der Waals surface area contributed by atoms with E-state index in [2.05, 4.69) is 0 Å². The first kappa shape index (κ1) is 20.3. The Bertz CT molecular complexity index is 1000. The van der Waals surface area contributed by atoms with Crippen molar-refractivity contribution in [3.8, 4) is 28.4 Å². The Morgan fingerprint density at radius 3 is 2.30 bits per heavy atom. The molecule has 2 aromatic rings.